The van der Waals surface area contributed by atoms with Crippen LogP contribution in [0.3, 0.4) is 0 Å². The molecule has 3 rings (SSSR count). The first kappa shape index (κ1) is 14.2. The maximum atomic E-state index is 12.2. The largest absolute Gasteiger partial charge is 0.506 e. The van der Waals surface area contributed by atoms with Crippen LogP contribution in [0.2, 0.25) is 0 Å². The SMILES string of the molecule is O=C(NCc1cncc(O)c1)c1cncc(N2CCCC2)n1. The molecule has 0 unspecified atom stereocenters. The predicted molar refractivity (Wildman–Crippen MR) is 80.6 cm³/mol. The standard InChI is InChI=1S/C15H17N5O2/c21-12-5-11(6-16-8-12)7-18-15(22)13-9-17-10-14(19-13)20-3-1-2-4-20/h5-6,8-10,21H,1-4,7H2,(H,18,22). The molecule has 2 N–H and O–H groups in total. The third-order valence-corrected chi connectivity index (χ3v) is 3.52. The van der Waals surface area contributed by atoms with Crippen LogP contribution in [0.1, 0.15) is 28.9 Å². The summed E-state index contributed by atoms with van der Waals surface area (Å²) >= 11 is 0. The number of hydrogen-bond acceptors (Lipinski definition) is 6. The van der Waals surface area contributed by atoms with Gasteiger partial charge in [-0.15, -0.1) is 0 Å². The number of anilines is 1. The number of amides is 1. The fourth-order valence-electron chi connectivity index (χ4n) is 2.41. The van der Waals surface area contributed by atoms with E-state index in [9.17, 15) is 9.90 Å². The van der Waals surface area contributed by atoms with E-state index in [0.29, 0.717) is 0 Å². The predicted octanol–water partition coefficient (Wildman–Crippen LogP) is 1.11. The molecule has 7 nitrogen and oxygen atoms in total. The zero-order valence-electron chi connectivity index (χ0n) is 12.1. The highest BCUT2D eigenvalue weighted by Gasteiger charge is 2.16. The van der Waals surface area contributed by atoms with E-state index < -0.39 is 0 Å². The van der Waals surface area contributed by atoms with Crippen molar-refractivity contribution >= 4 is 11.7 Å². The molecular formula is C15H17N5O2. The highest BCUT2D eigenvalue weighted by Crippen LogP contribution is 2.16. The number of pyridine rings is 1. The van der Waals surface area contributed by atoms with E-state index in [-0.39, 0.29) is 23.9 Å². The quantitative estimate of drug-likeness (QED) is 0.878. The lowest BCUT2D eigenvalue weighted by Crippen LogP contribution is -2.26. The van der Waals surface area contributed by atoms with E-state index in [1.807, 2.05) is 0 Å². The van der Waals surface area contributed by atoms with Crippen LogP contribution >= 0.6 is 0 Å². The molecule has 0 aromatic carbocycles. The molecule has 1 amide bonds. The second-order valence-corrected chi connectivity index (χ2v) is 5.19. The molecule has 3 heterocycles. The van der Waals surface area contributed by atoms with Crippen molar-refractivity contribution < 1.29 is 9.90 Å². The van der Waals surface area contributed by atoms with Crippen LogP contribution in [0.25, 0.3) is 0 Å². The third kappa shape index (κ3) is 3.30. The van der Waals surface area contributed by atoms with Crippen molar-refractivity contribution in [1.82, 2.24) is 20.3 Å². The van der Waals surface area contributed by atoms with Gasteiger partial charge in [0, 0.05) is 25.8 Å². The van der Waals surface area contributed by atoms with Crippen LogP contribution in [0.15, 0.2) is 30.9 Å². The average molecular weight is 299 g/mol. The monoisotopic (exact) mass is 299 g/mol. The normalized spacial score (nSPS) is 14.1. The molecule has 0 aliphatic carbocycles. The molecule has 7 heteroatoms. The molecule has 114 valence electrons. The summed E-state index contributed by atoms with van der Waals surface area (Å²) in [6.07, 6.45) is 8.35. The third-order valence-electron chi connectivity index (χ3n) is 3.52. The van der Waals surface area contributed by atoms with Crippen LogP contribution in [0.4, 0.5) is 5.82 Å². The Kier molecular flexibility index (Phi) is 4.13. The number of nitrogens with zero attached hydrogens (tertiary/aromatic N) is 4. The molecule has 2 aromatic heterocycles. The highest BCUT2D eigenvalue weighted by molar-refractivity contribution is 5.92. The summed E-state index contributed by atoms with van der Waals surface area (Å²) in [5.41, 5.74) is 1.01. The summed E-state index contributed by atoms with van der Waals surface area (Å²) in [6, 6.07) is 1.56. The van der Waals surface area contributed by atoms with Gasteiger partial charge in [0.1, 0.15) is 17.3 Å². The molecular weight excluding hydrogens is 282 g/mol. The van der Waals surface area contributed by atoms with Crippen molar-refractivity contribution in [3.05, 3.63) is 42.1 Å². The van der Waals surface area contributed by atoms with Crippen LogP contribution in [-0.2, 0) is 6.54 Å². The lowest BCUT2D eigenvalue weighted by Gasteiger charge is -2.16. The van der Waals surface area contributed by atoms with Crippen molar-refractivity contribution in [1.29, 1.82) is 0 Å². The Morgan fingerprint density at radius 3 is 2.73 bits per heavy atom. The Balaban J connectivity index is 1.65. The summed E-state index contributed by atoms with van der Waals surface area (Å²) in [4.78, 5) is 26.6. The van der Waals surface area contributed by atoms with Crippen molar-refractivity contribution in [3.63, 3.8) is 0 Å². The fraction of sp³-hybridized carbons (Fsp3) is 0.333. The molecule has 1 aliphatic rings. The number of rotatable bonds is 4. The summed E-state index contributed by atoms with van der Waals surface area (Å²) in [5.74, 6) is 0.517. The second kappa shape index (κ2) is 6.38. The van der Waals surface area contributed by atoms with Gasteiger partial charge in [-0.25, -0.2) is 4.98 Å². The number of aromatic hydroxyl groups is 1. The Labute approximate surface area is 128 Å². The molecule has 22 heavy (non-hydrogen) atoms. The molecule has 0 saturated carbocycles. The first-order valence-electron chi connectivity index (χ1n) is 7.20. The van der Waals surface area contributed by atoms with E-state index in [4.69, 9.17) is 0 Å². The van der Waals surface area contributed by atoms with Gasteiger partial charge in [0.25, 0.3) is 5.91 Å². The van der Waals surface area contributed by atoms with E-state index in [1.165, 1.54) is 12.4 Å². The van der Waals surface area contributed by atoms with Gasteiger partial charge in [-0.2, -0.15) is 0 Å². The minimum absolute atomic E-state index is 0.0718. The van der Waals surface area contributed by atoms with Gasteiger partial charge in [-0.05, 0) is 24.5 Å². The second-order valence-electron chi connectivity index (χ2n) is 5.19. The maximum absolute atomic E-state index is 12.2. The molecule has 1 saturated heterocycles. The van der Waals surface area contributed by atoms with Crippen LogP contribution in [0.5, 0.6) is 5.75 Å². The smallest absolute Gasteiger partial charge is 0.271 e. The molecule has 2 aromatic rings. The van der Waals surface area contributed by atoms with Gasteiger partial charge in [0.2, 0.25) is 0 Å². The Morgan fingerprint density at radius 1 is 1.18 bits per heavy atom. The number of carbonyl (C=O) groups excluding carboxylic acids is 1. The summed E-state index contributed by atoms with van der Waals surface area (Å²) in [6.45, 7) is 2.18. The maximum Gasteiger partial charge on any atom is 0.271 e. The minimum Gasteiger partial charge on any atom is -0.506 e. The molecule has 1 fully saturated rings. The van der Waals surface area contributed by atoms with Gasteiger partial charge in [0.05, 0.1) is 18.6 Å². The lowest BCUT2D eigenvalue weighted by atomic mass is 10.2. The molecule has 0 spiro atoms. The van der Waals surface area contributed by atoms with Gasteiger partial charge in [0.15, 0.2) is 0 Å². The molecule has 0 radical (unpaired) electrons. The Morgan fingerprint density at radius 2 is 1.95 bits per heavy atom. The van der Waals surface area contributed by atoms with Crippen molar-refractivity contribution in [2.24, 2.45) is 0 Å². The summed E-state index contributed by atoms with van der Waals surface area (Å²) in [5, 5.41) is 12.1. The van der Waals surface area contributed by atoms with Gasteiger partial charge < -0.3 is 15.3 Å². The van der Waals surface area contributed by atoms with Crippen LogP contribution in [-0.4, -0.2) is 39.1 Å². The summed E-state index contributed by atoms with van der Waals surface area (Å²) < 4.78 is 0. The van der Waals surface area contributed by atoms with E-state index in [1.54, 1.807) is 18.5 Å². The Bertz CT molecular complexity index is 670. The van der Waals surface area contributed by atoms with Gasteiger partial charge in [-0.1, -0.05) is 0 Å². The lowest BCUT2D eigenvalue weighted by molar-refractivity contribution is 0.0945. The van der Waals surface area contributed by atoms with E-state index >= 15 is 0 Å². The average Bonchev–Trinajstić information content (AvgIpc) is 3.07. The number of carbonyl (C=O) groups is 1. The first-order valence-corrected chi connectivity index (χ1v) is 7.20. The Hall–Kier alpha value is -2.70. The number of hydrogen-bond donors (Lipinski definition) is 2. The molecule has 0 atom stereocenters. The van der Waals surface area contributed by atoms with Crippen LogP contribution < -0.4 is 10.2 Å². The van der Waals surface area contributed by atoms with E-state index in [0.717, 1.165) is 37.3 Å². The first-order chi connectivity index (χ1) is 10.7. The molecule has 0 bridgehead atoms. The highest BCUT2D eigenvalue weighted by atomic mass is 16.3. The van der Waals surface area contributed by atoms with Gasteiger partial charge in [-0.3, -0.25) is 14.8 Å². The molecule has 1 aliphatic heterocycles. The zero-order valence-corrected chi connectivity index (χ0v) is 12.1. The van der Waals surface area contributed by atoms with Crippen molar-refractivity contribution in [2.75, 3.05) is 18.0 Å². The topological polar surface area (TPSA) is 91.2 Å². The van der Waals surface area contributed by atoms with Gasteiger partial charge >= 0.3 is 0 Å². The summed E-state index contributed by atoms with van der Waals surface area (Å²) in [7, 11) is 0. The van der Waals surface area contributed by atoms with E-state index in [2.05, 4.69) is 25.2 Å². The van der Waals surface area contributed by atoms with Crippen molar-refractivity contribution in [2.45, 2.75) is 19.4 Å². The minimum atomic E-state index is -0.295. The van der Waals surface area contributed by atoms with Crippen molar-refractivity contribution in [3.8, 4) is 5.75 Å². The van der Waals surface area contributed by atoms with Crippen LogP contribution in [0, 0.1) is 0 Å². The zero-order chi connectivity index (χ0) is 15.4. The number of nitrogens with one attached hydrogen (secondary N) is 1. The number of aromatic nitrogens is 3. The fourth-order valence-corrected chi connectivity index (χ4v) is 2.41.